The Hall–Kier alpha value is -3.06. The molecular weight excluding hydrogens is 353 g/mol. The van der Waals surface area contributed by atoms with E-state index in [4.69, 9.17) is 0 Å². The molecule has 0 fully saturated rings. The monoisotopic (exact) mass is 369 g/mol. The van der Waals surface area contributed by atoms with Crippen LogP contribution < -0.4 is 5.43 Å². The molecule has 0 atom stereocenters. The quantitative estimate of drug-likeness (QED) is 0.537. The Morgan fingerprint density at radius 2 is 1.81 bits per heavy atom. The molecule has 3 rings (SSSR count). The van der Waals surface area contributed by atoms with Crippen molar-refractivity contribution in [3.8, 4) is 16.3 Å². The third-order valence-electron chi connectivity index (χ3n) is 3.67. The van der Waals surface area contributed by atoms with Crippen LogP contribution in [0.3, 0.4) is 0 Å². The van der Waals surface area contributed by atoms with E-state index in [2.05, 4.69) is 15.5 Å². The van der Waals surface area contributed by atoms with E-state index < -0.39 is 11.7 Å². The molecule has 0 aliphatic rings. The zero-order chi connectivity index (χ0) is 18.7. The number of aromatic nitrogens is 1. The molecule has 1 amide bonds. The second-order valence-electron chi connectivity index (χ2n) is 5.63. The number of aromatic hydroxyl groups is 1. The van der Waals surface area contributed by atoms with Crippen LogP contribution in [0.25, 0.3) is 10.6 Å². The highest BCUT2D eigenvalue weighted by Gasteiger charge is 2.13. The summed E-state index contributed by atoms with van der Waals surface area (Å²) < 4.78 is 12.9. The fourth-order valence-corrected chi connectivity index (χ4v) is 3.33. The van der Waals surface area contributed by atoms with Gasteiger partial charge in [-0.1, -0.05) is 0 Å². The first-order valence-corrected chi connectivity index (χ1v) is 8.63. The molecule has 0 unspecified atom stereocenters. The summed E-state index contributed by atoms with van der Waals surface area (Å²) in [5.74, 6) is -0.614. The van der Waals surface area contributed by atoms with Crippen molar-refractivity contribution >= 4 is 23.0 Å². The van der Waals surface area contributed by atoms with Crippen LogP contribution in [-0.2, 0) is 0 Å². The highest BCUT2D eigenvalue weighted by Crippen LogP contribution is 2.29. The van der Waals surface area contributed by atoms with Gasteiger partial charge in [0.05, 0.1) is 16.3 Å². The lowest BCUT2D eigenvalue weighted by molar-refractivity contribution is 0.0955. The number of rotatable bonds is 4. The van der Waals surface area contributed by atoms with E-state index in [-0.39, 0.29) is 5.75 Å². The molecule has 0 spiro atoms. The molecule has 0 bridgehead atoms. The smallest absolute Gasteiger partial charge is 0.271 e. The van der Waals surface area contributed by atoms with E-state index >= 15 is 0 Å². The van der Waals surface area contributed by atoms with Gasteiger partial charge in [-0.05, 0) is 62.4 Å². The van der Waals surface area contributed by atoms with Gasteiger partial charge in [0.25, 0.3) is 5.91 Å². The third-order valence-corrected chi connectivity index (χ3v) is 4.99. The van der Waals surface area contributed by atoms with Crippen molar-refractivity contribution in [1.29, 1.82) is 0 Å². The lowest BCUT2D eigenvalue weighted by Gasteiger charge is -2.02. The fraction of sp³-hybridized carbons (Fsp3) is 0.105. The number of benzene rings is 2. The lowest BCUT2D eigenvalue weighted by Crippen LogP contribution is -2.19. The van der Waals surface area contributed by atoms with Crippen molar-refractivity contribution in [2.24, 2.45) is 5.10 Å². The van der Waals surface area contributed by atoms with Crippen LogP contribution >= 0.6 is 11.3 Å². The SMILES string of the molecule is C/C(=N\NC(=O)c1ccc(F)cc1)c1sc(-c2ccc(O)cc2)nc1C. The Morgan fingerprint density at radius 3 is 2.46 bits per heavy atom. The normalized spacial score (nSPS) is 11.4. The molecule has 0 saturated heterocycles. The van der Waals surface area contributed by atoms with Crippen molar-refractivity contribution < 1.29 is 14.3 Å². The van der Waals surface area contributed by atoms with Gasteiger partial charge < -0.3 is 5.11 Å². The zero-order valence-corrected chi connectivity index (χ0v) is 15.0. The maximum absolute atomic E-state index is 12.9. The van der Waals surface area contributed by atoms with Crippen molar-refractivity contribution in [3.05, 3.63) is 70.5 Å². The Balaban J connectivity index is 1.77. The van der Waals surface area contributed by atoms with Gasteiger partial charge >= 0.3 is 0 Å². The minimum atomic E-state index is -0.412. The number of phenols is 1. The molecule has 0 radical (unpaired) electrons. The molecular formula is C19H16FN3O2S. The number of carbonyl (C=O) groups is 1. The Morgan fingerprint density at radius 1 is 1.15 bits per heavy atom. The van der Waals surface area contributed by atoms with Crippen LogP contribution in [0.4, 0.5) is 4.39 Å². The number of hydrazone groups is 1. The standard InChI is InChI=1S/C19H16FN3O2S/c1-11-17(26-19(21-11)14-5-9-16(24)10-6-14)12(2)22-23-18(25)13-3-7-15(20)8-4-13/h3-10,24H,1-2H3,(H,23,25)/b22-12+. The first-order valence-electron chi connectivity index (χ1n) is 7.81. The number of hydrogen-bond donors (Lipinski definition) is 2. The number of thiazole rings is 1. The number of nitrogens with one attached hydrogen (secondary N) is 1. The van der Waals surface area contributed by atoms with E-state index in [1.165, 1.54) is 35.6 Å². The maximum Gasteiger partial charge on any atom is 0.271 e. The highest BCUT2D eigenvalue weighted by atomic mass is 32.1. The molecule has 2 aromatic carbocycles. The predicted molar refractivity (Wildman–Crippen MR) is 100 cm³/mol. The van der Waals surface area contributed by atoms with Crippen molar-refractivity contribution in [3.63, 3.8) is 0 Å². The molecule has 2 N–H and O–H groups in total. The van der Waals surface area contributed by atoms with Gasteiger partial charge in [0.15, 0.2) is 0 Å². The van der Waals surface area contributed by atoms with E-state index in [1.54, 1.807) is 31.2 Å². The second-order valence-corrected chi connectivity index (χ2v) is 6.62. The molecule has 1 aromatic heterocycles. The van der Waals surface area contributed by atoms with Gasteiger partial charge in [-0.25, -0.2) is 14.8 Å². The molecule has 132 valence electrons. The molecule has 1 heterocycles. The molecule has 3 aromatic rings. The van der Waals surface area contributed by atoms with Crippen LogP contribution in [0.5, 0.6) is 5.75 Å². The number of phenolic OH excluding ortho intramolecular Hbond substituents is 1. The average molecular weight is 369 g/mol. The summed E-state index contributed by atoms with van der Waals surface area (Å²) in [6.45, 7) is 3.66. The van der Waals surface area contributed by atoms with Crippen LogP contribution in [0.1, 0.15) is 27.9 Å². The van der Waals surface area contributed by atoms with Crippen LogP contribution in [0.15, 0.2) is 53.6 Å². The summed E-state index contributed by atoms with van der Waals surface area (Å²) in [6, 6.07) is 12.0. The first-order chi connectivity index (χ1) is 12.4. The van der Waals surface area contributed by atoms with Crippen molar-refractivity contribution in [2.75, 3.05) is 0 Å². The summed E-state index contributed by atoms with van der Waals surface area (Å²) in [6.07, 6.45) is 0. The zero-order valence-electron chi connectivity index (χ0n) is 14.2. The number of aryl methyl sites for hydroxylation is 1. The Labute approximate surface area is 153 Å². The number of halogens is 1. The minimum absolute atomic E-state index is 0.198. The number of nitrogens with zero attached hydrogens (tertiary/aromatic N) is 2. The largest absolute Gasteiger partial charge is 0.508 e. The van der Waals surface area contributed by atoms with Gasteiger partial charge in [-0.2, -0.15) is 5.10 Å². The van der Waals surface area contributed by atoms with Crippen molar-refractivity contribution in [1.82, 2.24) is 10.4 Å². The second kappa shape index (κ2) is 7.45. The summed E-state index contributed by atoms with van der Waals surface area (Å²) in [4.78, 5) is 17.4. The molecule has 0 aliphatic carbocycles. The fourth-order valence-electron chi connectivity index (χ4n) is 2.31. The third kappa shape index (κ3) is 3.94. The van der Waals surface area contributed by atoms with E-state index in [1.807, 2.05) is 6.92 Å². The highest BCUT2D eigenvalue weighted by molar-refractivity contribution is 7.17. The first kappa shape index (κ1) is 17.8. The van der Waals surface area contributed by atoms with E-state index in [0.29, 0.717) is 11.3 Å². The topological polar surface area (TPSA) is 74.6 Å². The van der Waals surface area contributed by atoms with Crippen LogP contribution in [-0.4, -0.2) is 21.7 Å². The maximum atomic E-state index is 12.9. The number of hydrogen-bond acceptors (Lipinski definition) is 5. The van der Waals surface area contributed by atoms with Gasteiger partial charge in [0.2, 0.25) is 0 Å². The molecule has 26 heavy (non-hydrogen) atoms. The Bertz CT molecular complexity index is 963. The average Bonchev–Trinajstić information content (AvgIpc) is 3.02. The van der Waals surface area contributed by atoms with Gasteiger partial charge in [-0.15, -0.1) is 11.3 Å². The predicted octanol–water partition coefficient (Wildman–Crippen LogP) is 4.12. The summed E-state index contributed by atoms with van der Waals surface area (Å²) in [5, 5.41) is 14.3. The van der Waals surface area contributed by atoms with Gasteiger partial charge in [0.1, 0.15) is 16.6 Å². The summed E-state index contributed by atoms with van der Waals surface area (Å²) in [7, 11) is 0. The number of carbonyl (C=O) groups excluding carboxylic acids is 1. The summed E-state index contributed by atoms with van der Waals surface area (Å²) >= 11 is 1.45. The lowest BCUT2D eigenvalue weighted by atomic mass is 10.2. The molecule has 0 aliphatic heterocycles. The molecule has 7 heteroatoms. The summed E-state index contributed by atoms with van der Waals surface area (Å²) in [5.41, 5.74) is 5.12. The van der Waals surface area contributed by atoms with Crippen LogP contribution in [0.2, 0.25) is 0 Å². The Kier molecular flexibility index (Phi) is 5.09. The van der Waals surface area contributed by atoms with Gasteiger partial charge in [-0.3, -0.25) is 4.79 Å². The van der Waals surface area contributed by atoms with E-state index in [9.17, 15) is 14.3 Å². The van der Waals surface area contributed by atoms with Crippen LogP contribution in [0, 0.1) is 12.7 Å². The van der Waals surface area contributed by atoms with Gasteiger partial charge in [0, 0.05) is 11.1 Å². The van der Waals surface area contributed by atoms with Crippen molar-refractivity contribution in [2.45, 2.75) is 13.8 Å². The van der Waals surface area contributed by atoms with E-state index in [0.717, 1.165) is 21.1 Å². The minimum Gasteiger partial charge on any atom is -0.508 e. The number of amides is 1. The molecule has 0 saturated carbocycles. The molecule has 5 nitrogen and oxygen atoms in total.